The molecule has 0 aliphatic carbocycles. The van der Waals surface area contributed by atoms with E-state index in [1.165, 1.54) is 36.4 Å². The number of aromatic nitrogens is 1. The number of alkyl halides is 3. The number of aromatic carboxylic acids is 1. The molecule has 1 atom stereocenters. The van der Waals surface area contributed by atoms with Crippen molar-refractivity contribution in [1.82, 2.24) is 4.98 Å². The van der Waals surface area contributed by atoms with Gasteiger partial charge in [-0.3, -0.25) is 0 Å². The van der Waals surface area contributed by atoms with Gasteiger partial charge in [0.25, 0.3) is 0 Å². The van der Waals surface area contributed by atoms with Gasteiger partial charge in [0.1, 0.15) is 11.1 Å². The Hall–Kier alpha value is -2.71. The molecule has 0 amide bonds. The number of benzene rings is 2. The van der Waals surface area contributed by atoms with E-state index in [9.17, 15) is 23.1 Å². The first-order valence-corrected chi connectivity index (χ1v) is 8.28. The first kappa shape index (κ1) is 18.1. The van der Waals surface area contributed by atoms with E-state index < -0.39 is 23.8 Å². The minimum Gasteiger partial charge on any atom is -0.478 e. The second kappa shape index (κ2) is 6.89. The van der Waals surface area contributed by atoms with E-state index in [0.29, 0.717) is 21.8 Å². The molecule has 2 N–H and O–H groups in total. The summed E-state index contributed by atoms with van der Waals surface area (Å²) in [6.07, 6.45) is -5.54. The lowest BCUT2D eigenvalue weighted by Crippen LogP contribution is -2.04. The van der Waals surface area contributed by atoms with E-state index in [1.807, 2.05) is 0 Å². The van der Waals surface area contributed by atoms with Gasteiger partial charge in [-0.1, -0.05) is 24.3 Å². The maximum absolute atomic E-state index is 12.8. The average molecular weight is 379 g/mol. The van der Waals surface area contributed by atoms with Gasteiger partial charge in [0.15, 0.2) is 0 Å². The molecule has 134 valence electrons. The van der Waals surface area contributed by atoms with Crippen molar-refractivity contribution in [1.29, 1.82) is 0 Å². The Kier molecular flexibility index (Phi) is 4.80. The second-order valence-electron chi connectivity index (χ2n) is 5.48. The van der Waals surface area contributed by atoms with Crippen molar-refractivity contribution in [3.63, 3.8) is 0 Å². The monoisotopic (exact) mass is 379 g/mol. The van der Waals surface area contributed by atoms with E-state index in [2.05, 4.69) is 4.98 Å². The van der Waals surface area contributed by atoms with E-state index in [-0.39, 0.29) is 5.56 Å². The van der Waals surface area contributed by atoms with Crippen LogP contribution in [0.4, 0.5) is 13.2 Å². The molecule has 1 aromatic heterocycles. The molecule has 0 saturated carbocycles. The van der Waals surface area contributed by atoms with Gasteiger partial charge in [-0.2, -0.15) is 13.2 Å². The Morgan fingerprint density at radius 1 is 1.12 bits per heavy atom. The summed E-state index contributed by atoms with van der Waals surface area (Å²) in [4.78, 5) is 15.1. The van der Waals surface area contributed by atoms with E-state index in [0.717, 1.165) is 23.5 Å². The molecule has 1 unspecified atom stereocenters. The third kappa shape index (κ3) is 3.76. The number of aliphatic hydroxyl groups excluding tert-OH is 1. The number of hydrogen-bond acceptors (Lipinski definition) is 4. The number of carbonyl (C=O) groups is 1. The van der Waals surface area contributed by atoms with Gasteiger partial charge in [0.05, 0.1) is 16.8 Å². The van der Waals surface area contributed by atoms with Crippen LogP contribution in [-0.4, -0.2) is 21.2 Å². The van der Waals surface area contributed by atoms with Gasteiger partial charge in [-0.05, 0) is 29.8 Å². The quantitative estimate of drug-likeness (QED) is 0.695. The number of thiazole rings is 1. The van der Waals surface area contributed by atoms with E-state index >= 15 is 0 Å². The molecular formula is C18H12F3NO3S. The number of carboxylic acid groups (broad SMARTS) is 1. The Morgan fingerprint density at radius 3 is 2.42 bits per heavy atom. The predicted octanol–water partition coefficient (Wildman–Crippen LogP) is 4.61. The molecule has 0 saturated heterocycles. The van der Waals surface area contributed by atoms with Gasteiger partial charge >= 0.3 is 12.1 Å². The number of rotatable bonds is 4. The number of aliphatic hydroxyl groups is 1. The van der Waals surface area contributed by atoms with Gasteiger partial charge in [0, 0.05) is 10.9 Å². The molecule has 0 aliphatic rings. The van der Waals surface area contributed by atoms with Crippen LogP contribution in [-0.2, 0) is 6.18 Å². The summed E-state index contributed by atoms with van der Waals surface area (Å²) in [6, 6.07) is 10.5. The number of halogens is 3. The van der Waals surface area contributed by atoms with Crippen LogP contribution < -0.4 is 0 Å². The predicted molar refractivity (Wildman–Crippen MR) is 90.0 cm³/mol. The molecule has 0 aliphatic heterocycles. The largest absolute Gasteiger partial charge is 0.478 e. The standard InChI is InChI=1S/C18H12F3NO3S/c19-18(20,21)13-3-1-2-12(8-13)14-9-26-16(22-14)15(23)10-4-6-11(7-5-10)17(24)25/h1-9,15,23H,(H,24,25). The van der Waals surface area contributed by atoms with Crippen molar-refractivity contribution in [2.75, 3.05) is 0 Å². The highest BCUT2D eigenvalue weighted by molar-refractivity contribution is 7.10. The van der Waals surface area contributed by atoms with Crippen LogP contribution in [0.25, 0.3) is 11.3 Å². The molecule has 3 rings (SSSR count). The zero-order valence-corrected chi connectivity index (χ0v) is 13.9. The lowest BCUT2D eigenvalue weighted by atomic mass is 10.1. The fourth-order valence-electron chi connectivity index (χ4n) is 2.35. The molecule has 0 spiro atoms. The Morgan fingerprint density at radius 2 is 1.81 bits per heavy atom. The molecule has 2 aromatic carbocycles. The highest BCUT2D eigenvalue weighted by Gasteiger charge is 2.30. The Balaban J connectivity index is 1.86. The number of nitrogens with zero attached hydrogens (tertiary/aromatic N) is 1. The molecule has 4 nitrogen and oxygen atoms in total. The maximum atomic E-state index is 12.8. The van der Waals surface area contributed by atoms with Crippen molar-refractivity contribution in [2.45, 2.75) is 12.3 Å². The molecule has 1 heterocycles. The van der Waals surface area contributed by atoms with Gasteiger partial charge in [0.2, 0.25) is 0 Å². The first-order chi connectivity index (χ1) is 12.3. The second-order valence-corrected chi connectivity index (χ2v) is 6.37. The minimum atomic E-state index is -4.44. The first-order valence-electron chi connectivity index (χ1n) is 7.40. The lowest BCUT2D eigenvalue weighted by molar-refractivity contribution is -0.137. The summed E-state index contributed by atoms with van der Waals surface area (Å²) in [7, 11) is 0. The summed E-state index contributed by atoms with van der Waals surface area (Å²) >= 11 is 1.11. The number of carboxylic acids is 1. The van der Waals surface area contributed by atoms with Crippen LogP contribution in [0.3, 0.4) is 0 Å². The lowest BCUT2D eigenvalue weighted by Gasteiger charge is -2.09. The SMILES string of the molecule is O=C(O)c1ccc(C(O)c2nc(-c3cccc(C(F)(F)F)c3)cs2)cc1. The Bertz CT molecular complexity index is 935. The highest BCUT2D eigenvalue weighted by atomic mass is 32.1. The zero-order valence-electron chi connectivity index (χ0n) is 13.1. The maximum Gasteiger partial charge on any atom is 0.416 e. The van der Waals surface area contributed by atoms with Gasteiger partial charge in [-0.15, -0.1) is 11.3 Å². The third-order valence-corrected chi connectivity index (χ3v) is 4.61. The summed E-state index contributed by atoms with van der Waals surface area (Å²) in [5.41, 5.74) is 0.395. The average Bonchev–Trinajstić information content (AvgIpc) is 3.10. The van der Waals surface area contributed by atoms with Crippen LogP contribution in [0.5, 0.6) is 0 Å². The van der Waals surface area contributed by atoms with Crippen molar-refractivity contribution in [3.05, 3.63) is 75.6 Å². The molecule has 26 heavy (non-hydrogen) atoms. The normalized spacial score (nSPS) is 12.8. The molecule has 0 bridgehead atoms. The van der Waals surface area contributed by atoms with Crippen LogP contribution >= 0.6 is 11.3 Å². The van der Waals surface area contributed by atoms with Crippen molar-refractivity contribution in [3.8, 4) is 11.3 Å². The van der Waals surface area contributed by atoms with Crippen LogP contribution in [0, 0.1) is 0 Å². The van der Waals surface area contributed by atoms with E-state index in [4.69, 9.17) is 5.11 Å². The highest BCUT2D eigenvalue weighted by Crippen LogP contribution is 2.34. The third-order valence-electron chi connectivity index (χ3n) is 3.71. The minimum absolute atomic E-state index is 0.0877. The molecule has 3 aromatic rings. The summed E-state index contributed by atoms with van der Waals surface area (Å²) < 4.78 is 38.5. The fraction of sp³-hybridized carbons (Fsp3) is 0.111. The van der Waals surface area contributed by atoms with Crippen molar-refractivity contribution >= 4 is 17.3 Å². The summed E-state index contributed by atoms with van der Waals surface area (Å²) in [5.74, 6) is -1.08. The fourth-order valence-corrected chi connectivity index (χ4v) is 3.19. The Labute approximate surface area is 150 Å². The summed E-state index contributed by atoms with van der Waals surface area (Å²) in [6.45, 7) is 0. The van der Waals surface area contributed by atoms with Gasteiger partial charge < -0.3 is 10.2 Å². The van der Waals surface area contributed by atoms with Crippen LogP contribution in [0.1, 0.15) is 32.6 Å². The smallest absolute Gasteiger partial charge is 0.416 e. The number of hydrogen-bond donors (Lipinski definition) is 2. The molecular weight excluding hydrogens is 367 g/mol. The molecule has 8 heteroatoms. The van der Waals surface area contributed by atoms with Crippen LogP contribution in [0.15, 0.2) is 53.9 Å². The van der Waals surface area contributed by atoms with Crippen molar-refractivity contribution < 1.29 is 28.2 Å². The van der Waals surface area contributed by atoms with Gasteiger partial charge in [-0.25, -0.2) is 9.78 Å². The van der Waals surface area contributed by atoms with E-state index in [1.54, 1.807) is 5.38 Å². The molecule has 0 fully saturated rings. The summed E-state index contributed by atoms with van der Waals surface area (Å²) in [5, 5.41) is 21.1. The van der Waals surface area contributed by atoms with Crippen molar-refractivity contribution in [2.24, 2.45) is 0 Å². The zero-order chi connectivity index (χ0) is 18.9. The molecule has 0 radical (unpaired) electrons. The van der Waals surface area contributed by atoms with Crippen LogP contribution in [0.2, 0.25) is 0 Å². The topological polar surface area (TPSA) is 70.4 Å².